The minimum Gasteiger partial charge on any atom is -0.461 e. The first-order valence-electron chi connectivity index (χ1n) is 4.10. The van der Waals surface area contributed by atoms with E-state index >= 15 is 0 Å². The first-order chi connectivity index (χ1) is 5.80. The molecule has 0 unspecified atom stereocenters. The van der Waals surface area contributed by atoms with E-state index in [2.05, 4.69) is 4.74 Å². The number of aliphatic hydroxyl groups is 3. The van der Waals surface area contributed by atoms with Gasteiger partial charge in [0.25, 0.3) is 0 Å². The van der Waals surface area contributed by atoms with Crippen LogP contribution in [0.25, 0.3) is 0 Å². The average Bonchev–Trinajstić information content (AvgIpc) is 2.42. The van der Waals surface area contributed by atoms with Gasteiger partial charge in [-0.05, 0) is 0 Å². The molecule has 1 aliphatic carbocycles. The van der Waals surface area contributed by atoms with E-state index in [1.807, 2.05) is 0 Å². The van der Waals surface area contributed by atoms with Crippen molar-refractivity contribution in [2.24, 2.45) is 5.41 Å². The van der Waals surface area contributed by atoms with E-state index in [0.29, 0.717) is 0 Å². The summed E-state index contributed by atoms with van der Waals surface area (Å²) in [6.07, 6.45) is -1.22. The van der Waals surface area contributed by atoms with Crippen LogP contribution in [0.3, 0.4) is 0 Å². The summed E-state index contributed by atoms with van der Waals surface area (Å²) in [5.41, 5.74) is -4.75. The van der Waals surface area contributed by atoms with Crippen LogP contribution in [0.2, 0.25) is 0 Å². The third-order valence-electron chi connectivity index (χ3n) is 3.50. The van der Waals surface area contributed by atoms with Crippen molar-refractivity contribution in [3.63, 3.8) is 0 Å². The van der Waals surface area contributed by atoms with E-state index in [1.54, 1.807) is 0 Å². The Morgan fingerprint density at radius 2 is 2.00 bits per heavy atom. The summed E-state index contributed by atoms with van der Waals surface area (Å²) in [4.78, 5) is 11.2. The van der Waals surface area contributed by atoms with Crippen LogP contribution in [0.1, 0.15) is 13.8 Å². The molecule has 0 radical (unpaired) electrons. The van der Waals surface area contributed by atoms with E-state index in [-0.39, 0.29) is 6.61 Å². The van der Waals surface area contributed by atoms with Crippen molar-refractivity contribution in [2.75, 3.05) is 6.61 Å². The highest BCUT2D eigenvalue weighted by Gasteiger charge is 2.91. The highest BCUT2D eigenvalue weighted by atomic mass is 16.6. The van der Waals surface area contributed by atoms with Crippen molar-refractivity contribution < 1.29 is 24.9 Å². The van der Waals surface area contributed by atoms with E-state index in [4.69, 9.17) is 0 Å². The number of rotatable bonds is 0. The summed E-state index contributed by atoms with van der Waals surface area (Å²) in [5.74, 6) is -0.856. The summed E-state index contributed by atoms with van der Waals surface area (Å²) in [7, 11) is 0. The lowest BCUT2D eigenvalue weighted by Gasteiger charge is -2.25. The highest BCUT2D eigenvalue weighted by molar-refractivity contribution is 5.89. The summed E-state index contributed by atoms with van der Waals surface area (Å²) >= 11 is 0. The van der Waals surface area contributed by atoms with Crippen LogP contribution in [-0.2, 0) is 9.53 Å². The number of ether oxygens (including phenoxy) is 1. The second-order valence-electron chi connectivity index (χ2n) is 4.22. The number of esters is 1. The largest absolute Gasteiger partial charge is 0.461 e. The topological polar surface area (TPSA) is 87.0 Å². The normalized spacial score (nSPS) is 52.4. The van der Waals surface area contributed by atoms with Crippen LogP contribution in [0, 0.1) is 5.41 Å². The molecule has 1 saturated heterocycles. The minimum absolute atomic E-state index is 0.263. The summed E-state index contributed by atoms with van der Waals surface area (Å²) in [6, 6.07) is 0. The summed E-state index contributed by atoms with van der Waals surface area (Å²) in [5, 5.41) is 29.1. The van der Waals surface area contributed by atoms with E-state index in [9.17, 15) is 20.1 Å². The fourth-order valence-corrected chi connectivity index (χ4v) is 2.31. The van der Waals surface area contributed by atoms with Crippen molar-refractivity contribution in [1.29, 1.82) is 0 Å². The molecule has 3 atom stereocenters. The number of hydrogen-bond acceptors (Lipinski definition) is 5. The molecule has 0 amide bonds. The van der Waals surface area contributed by atoms with Crippen molar-refractivity contribution in [2.45, 2.75) is 31.2 Å². The first kappa shape index (κ1) is 8.93. The molecule has 13 heavy (non-hydrogen) atoms. The molecule has 2 aliphatic rings. The van der Waals surface area contributed by atoms with Gasteiger partial charge >= 0.3 is 5.97 Å². The highest BCUT2D eigenvalue weighted by Crippen LogP contribution is 2.68. The number of hydrogen-bond donors (Lipinski definition) is 3. The molecule has 5 heteroatoms. The zero-order chi connectivity index (χ0) is 10.1. The smallest absolute Gasteiger partial charge is 0.342 e. The predicted octanol–water partition coefficient (Wildman–Crippen LogP) is -1.59. The number of carbonyl (C=O) groups is 1. The first-order valence-corrected chi connectivity index (χ1v) is 4.10. The van der Waals surface area contributed by atoms with Gasteiger partial charge in [-0.2, -0.15) is 0 Å². The molecule has 2 fully saturated rings. The quantitative estimate of drug-likeness (QED) is 0.399. The predicted molar refractivity (Wildman–Crippen MR) is 40.6 cm³/mol. The molecular weight excluding hydrogens is 176 g/mol. The van der Waals surface area contributed by atoms with E-state index < -0.39 is 28.7 Å². The van der Waals surface area contributed by atoms with Crippen LogP contribution in [0.15, 0.2) is 0 Å². The second kappa shape index (κ2) is 1.89. The van der Waals surface area contributed by atoms with Gasteiger partial charge in [0, 0.05) is 5.41 Å². The summed E-state index contributed by atoms with van der Waals surface area (Å²) in [6.45, 7) is 2.77. The Kier molecular flexibility index (Phi) is 1.30. The van der Waals surface area contributed by atoms with Crippen LogP contribution in [-0.4, -0.2) is 45.2 Å². The van der Waals surface area contributed by atoms with Gasteiger partial charge in [0.15, 0.2) is 0 Å². The van der Waals surface area contributed by atoms with Crippen molar-refractivity contribution in [1.82, 2.24) is 0 Å². The lowest BCUT2D eigenvalue weighted by molar-refractivity contribution is -0.185. The van der Waals surface area contributed by atoms with E-state index in [1.165, 1.54) is 13.8 Å². The molecule has 1 heterocycles. The Morgan fingerprint density at radius 3 is 2.46 bits per heavy atom. The third kappa shape index (κ3) is 0.580. The lowest BCUT2D eigenvalue weighted by atomic mass is 10.0. The maximum Gasteiger partial charge on any atom is 0.342 e. The maximum absolute atomic E-state index is 11.2. The molecular formula is C8H12O5. The average molecular weight is 188 g/mol. The van der Waals surface area contributed by atoms with Gasteiger partial charge in [0.1, 0.15) is 18.3 Å². The van der Waals surface area contributed by atoms with Crippen LogP contribution in [0.5, 0.6) is 0 Å². The molecule has 1 saturated carbocycles. The zero-order valence-electron chi connectivity index (χ0n) is 7.44. The molecule has 0 bridgehead atoms. The molecule has 74 valence electrons. The summed E-state index contributed by atoms with van der Waals surface area (Å²) < 4.78 is 4.55. The maximum atomic E-state index is 11.2. The Morgan fingerprint density at radius 1 is 1.46 bits per heavy atom. The van der Waals surface area contributed by atoms with Gasteiger partial charge in [-0.3, -0.25) is 0 Å². The SMILES string of the molecule is CC1(C)[C@]2(O)C(=O)OC[C@@H](O)[C@]12O. The van der Waals surface area contributed by atoms with Crippen LogP contribution in [0.4, 0.5) is 0 Å². The number of cyclic esters (lactones) is 1. The lowest BCUT2D eigenvalue weighted by Crippen LogP contribution is -2.50. The van der Waals surface area contributed by atoms with Crippen molar-refractivity contribution in [3.8, 4) is 0 Å². The number of fused-ring (bicyclic) bond motifs is 1. The Bertz CT molecular complexity index is 286. The Balaban J connectivity index is 2.48. The van der Waals surface area contributed by atoms with Gasteiger partial charge < -0.3 is 20.1 Å². The Labute approximate surface area is 74.9 Å². The van der Waals surface area contributed by atoms with Crippen LogP contribution >= 0.6 is 0 Å². The second-order valence-corrected chi connectivity index (χ2v) is 4.22. The van der Waals surface area contributed by atoms with E-state index in [0.717, 1.165) is 0 Å². The van der Waals surface area contributed by atoms with Crippen molar-refractivity contribution in [3.05, 3.63) is 0 Å². The fraction of sp³-hybridized carbons (Fsp3) is 0.875. The molecule has 0 aromatic rings. The van der Waals surface area contributed by atoms with Gasteiger partial charge in [0.2, 0.25) is 5.60 Å². The van der Waals surface area contributed by atoms with Crippen LogP contribution < -0.4 is 0 Å². The molecule has 5 nitrogen and oxygen atoms in total. The standard InChI is InChI=1S/C8H12O5/c1-6(2)7(11)4(9)3-13-5(10)8(6,7)12/h4,9,11-12H,3H2,1-2H3/t4-,7+,8-/m1/s1. The molecule has 0 spiro atoms. The molecule has 1 aliphatic heterocycles. The number of aliphatic hydroxyl groups excluding tert-OH is 1. The van der Waals surface area contributed by atoms with Gasteiger partial charge in [-0.25, -0.2) is 4.79 Å². The molecule has 0 aromatic heterocycles. The third-order valence-corrected chi connectivity index (χ3v) is 3.50. The van der Waals surface area contributed by atoms with Gasteiger partial charge in [0.05, 0.1) is 0 Å². The van der Waals surface area contributed by atoms with Crippen molar-refractivity contribution >= 4 is 5.97 Å². The fourth-order valence-electron chi connectivity index (χ4n) is 2.31. The molecule has 2 rings (SSSR count). The Hall–Kier alpha value is -0.650. The monoisotopic (exact) mass is 188 g/mol. The molecule has 3 N–H and O–H groups in total. The number of carbonyl (C=O) groups excluding carboxylic acids is 1. The minimum atomic E-state index is -1.95. The van der Waals surface area contributed by atoms with Gasteiger partial charge in [-0.1, -0.05) is 13.8 Å². The zero-order valence-corrected chi connectivity index (χ0v) is 7.44. The molecule has 0 aromatic carbocycles. The van der Waals surface area contributed by atoms with Gasteiger partial charge in [-0.15, -0.1) is 0 Å².